The van der Waals surface area contributed by atoms with Crippen LogP contribution in [0.15, 0.2) is 50.5 Å². The molecule has 8 heteroatoms. The summed E-state index contributed by atoms with van der Waals surface area (Å²) in [7, 11) is -3.71. The fourth-order valence-corrected chi connectivity index (χ4v) is 4.04. The molecule has 1 aromatic heterocycles. The Bertz CT molecular complexity index is 720. The number of anilines is 2. The summed E-state index contributed by atoms with van der Waals surface area (Å²) in [5.41, 5.74) is 6.43. The number of aromatic nitrogens is 1. The van der Waals surface area contributed by atoms with Gasteiger partial charge in [-0.05, 0) is 62.2 Å². The molecule has 1 heterocycles. The van der Waals surface area contributed by atoms with Gasteiger partial charge in [0.15, 0.2) is 0 Å². The summed E-state index contributed by atoms with van der Waals surface area (Å²) < 4.78 is 27.8. The SMILES string of the molecule is Nc1ccc(S(=O)(=O)Nc2cccnc2Br)c(Br)c1. The predicted molar refractivity (Wildman–Crippen MR) is 81.3 cm³/mol. The van der Waals surface area contributed by atoms with Gasteiger partial charge in [-0.3, -0.25) is 4.72 Å². The van der Waals surface area contributed by atoms with Crippen molar-refractivity contribution in [2.45, 2.75) is 4.90 Å². The highest BCUT2D eigenvalue weighted by Gasteiger charge is 2.19. The maximum Gasteiger partial charge on any atom is 0.263 e. The van der Waals surface area contributed by atoms with Crippen LogP contribution in [0.5, 0.6) is 0 Å². The van der Waals surface area contributed by atoms with Crippen molar-refractivity contribution in [2.24, 2.45) is 0 Å². The van der Waals surface area contributed by atoms with Crippen molar-refractivity contribution in [3.8, 4) is 0 Å². The molecule has 100 valence electrons. The number of halogens is 2. The molecule has 0 fully saturated rings. The molecule has 0 saturated heterocycles. The third kappa shape index (κ3) is 3.26. The number of rotatable bonds is 3. The molecule has 0 radical (unpaired) electrons. The van der Waals surface area contributed by atoms with Crippen LogP contribution in [0.1, 0.15) is 0 Å². The summed E-state index contributed by atoms with van der Waals surface area (Å²) in [6.45, 7) is 0. The Balaban J connectivity index is 2.41. The number of pyridine rings is 1. The van der Waals surface area contributed by atoms with Crippen LogP contribution >= 0.6 is 31.9 Å². The first-order valence-electron chi connectivity index (χ1n) is 5.08. The Morgan fingerprint density at radius 2 is 1.95 bits per heavy atom. The minimum atomic E-state index is -3.71. The number of hydrogen-bond donors (Lipinski definition) is 2. The number of hydrogen-bond acceptors (Lipinski definition) is 4. The van der Waals surface area contributed by atoms with Crippen molar-refractivity contribution in [2.75, 3.05) is 10.5 Å². The van der Waals surface area contributed by atoms with Crippen molar-refractivity contribution < 1.29 is 8.42 Å². The molecule has 0 aliphatic rings. The number of nitrogen functional groups attached to an aromatic ring is 1. The predicted octanol–water partition coefficient (Wildman–Crippen LogP) is 2.99. The van der Waals surface area contributed by atoms with E-state index in [9.17, 15) is 8.42 Å². The van der Waals surface area contributed by atoms with Gasteiger partial charge in [0.25, 0.3) is 10.0 Å². The molecule has 0 aliphatic carbocycles. The van der Waals surface area contributed by atoms with E-state index in [0.717, 1.165) is 0 Å². The molecule has 0 amide bonds. The molecule has 19 heavy (non-hydrogen) atoms. The molecule has 0 unspecified atom stereocenters. The van der Waals surface area contributed by atoms with Crippen molar-refractivity contribution in [1.29, 1.82) is 0 Å². The van der Waals surface area contributed by atoms with Gasteiger partial charge in [-0.1, -0.05) is 0 Å². The first-order chi connectivity index (χ1) is 8.90. The Kier molecular flexibility index (Phi) is 4.12. The lowest BCUT2D eigenvalue weighted by Crippen LogP contribution is -2.14. The first kappa shape index (κ1) is 14.3. The van der Waals surface area contributed by atoms with E-state index in [1.165, 1.54) is 18.2 Å². The average Bonchev–Trinajstić information content (AvgIpc) is 2.31. The van der Waals surface area contributed by atoms with Crippen molar-refractivity contribution in [3.63, 3.8) is 0 Å². The van der Waals surface area contributed by atoms with Crippen LogP contribution in [0.2, 0.25) is 0 Å². The highest BCUT2D eigenvalue weighted by molar-refractivity contribution is 9.10. The van der Waals surface area contributed by atoms with E-state index < -0.39 is 10.0 Å². The standard InChI is InChI=1S/C11H9Br2N3O2S/c12-8-6-7(14)3-4-10(8)19(17,18)16-9-2-1-5-15-11(9)13/h1-6,16H,14H2. The van der Waals surface area contributed by atoms with Crippen LogP contribution in [-0.4, -0.2) is 13.4 Å². The van der Waals surface area contributed by atoms with Gasteiger partial charge in [-0.25, -0.2) is 13.4 Å². The van der Waals surface area contributed by atoms with Gasteiger partial charge in [0, 0.05) is 16.4 Å². The number of sulfonamides is 1. The summed E-state index contributed by atoms with van der Waals surface area (Å²) in [5.74, 6) is 0. The Morgan fingerprint density at radius 1 is 1.21 bits per heavy atom. The molecule has 0 aliphatic heterocycles. The second kappa shape index (κ2) is 5.48. The van der Waals surface area contributed by atoms with Gasteiger partial charge >= 0.3 is 0 Å². The van der Waals surface area contributed by atoms with Crippen LogP contribution in [0.3, 0.4) is 0 Å². The second-order valence-corrected chi connectivity index (χ2v) is 6.89. The lowest BCUT2D eigenvalue weighted by atomic mass is 10.3. The molecule has 0 spiro atoms. The van der Waals surface area contributed by atoms with Crippen molar-refractivity contribution in [3.05, 3.63) is 45.6 Å². The largest absolute Gasteiger partial charge is 0.399 e. The van der Waals surface area contributed by atoms with Gasteiger partial charge in [-0.15, -0.1) is 0 Å². The maximum absolute atomic E-state index is 12.3. The monoisotopic (exact) mass is 405 g/mol. The second-order valence-electron chi connectivity index (χ2n) is 3.64. The fraction of sp³-hybridized carbons (Fsp3) is 0. The van der Waals surface area contributed by atoms with Gasteiger partial charge in [0.05, 0.1) is 5.69 Å². The molecular formula is C11H9Br2N3O2S. The maximum atomic E-state index is 12.3. The number of benzene rings is 1. The summed E-state index contributed by atoms with van der Waals surface area (Å²) in [4.78, 5) is 4.06. The minimum absolute atomic E-state index is 0.109. The Hall–Kier alpha value is -1.12. The topological polar surface area (TPSA) is 85.1 Å². The summed E-state index contributed by atoms with van der Waals surface area (Å²) in [6.07, 6.45) is 1.56. The number of nitrogens with two attached hydrogens (primary N) is 1. The van der Waals surface area contributed by atoms with E-state index in [0.29, 0.717) is 20.5 Å². The lowest BCUT2D eigenvalue weighted by Gasteiger charge is -2.10. The van der Waals surface area contributed by atoms with Crippen molar-refractivity contribution >= 4 is 53.3 Å². The van der Waals surface area contributed by atoms with E-state index in [1.807, 2.05) is 0 Å². The van der Waals surface area contributed by atoms with E-state index in [1.54, 1.807) is 18.3 Å². The molecule has 2 rings (SSSR count). The van der Waals surface area contributed by atoms with Gasteiger partial charge < -0.3 is 5.73 Å². The molecule has 5 nitrogen and oxygen atoms in total. The van der Waals surface area contributed by atoms with E-state index in [4.69, 9.17) is 5.73 Å². The lowest BCUT2D eigenvalue weighted by molar-refractivity contribution is 0.600. The third-order valence-corrected chi connectivity index (χ3v) is 5.22. The molecule has 0 saturated carbocycles. The fourth-order valence-electron chi connectivity index (χ4n) is 1.40. The zero-order valence-corrected chi connectivity index (χ0v) is 13.5. The molecule has 3 N–H and O–H groups in total. The average molecular weight is 407 g/mol. The van der Waals surface area contributed by atoms with Gasteiger partial charge in [-0.2, -0.15) is 0 Å². The molecular weight excluding hydrogens is 398 g/mol. The zero-order valence-electron chi connectivity index (χ0n) is 9.47. The van der Waals surface area contributed by atoms with E-state index in [-0.39, 0.29) is 4.90 Å². The van der Waals surface area contributed by atoms with Crippen LogP contribution in [-0.2, 0) is 10.0 Å². The number of nitrogens with one attached hydrogen (secondary N) is 1. The summed E-state index contributed by atoms with van der Waals surface area (Å²) >= 11 is 6.37. The zero-order chi connectivity index (χ0) is 14.0. The molecule has 1 aromatic carbocycles. The highest BCUT2D eigenvalue weighted by Crippen LogP contribution is 2.27. The minimum Gasteiger partial charge on any atom is -0.399 e. The summed E-state index contributed by atoms with van der Waals surface area (Å²) in [6, 6.07) is 7.75. The quantitative estimate of drug-likeness (QED) is 0.606. The van der Waals surface area contributed by atoms with Gasteiger partial charge in [0.1, 0.15) is 9.50 Å². The van der Waals surface area contributed by atoms with Crippen LogP contribution in [0.4, 0.5) is 11.4 Å². The van der Waals surface area contributed by atoms with Crippen LogP contribution in [0, 0.1) is 0 Å². The van der Waals surface area contributed by atoms with Crippen molar-refractivity contribution in [1.82, 2.24) is 4.98 Å². The van der Waals surface area contributed by atoms with E-state index >= 15 is 0 Å². The molecule has 0 bridgehead atoms. The van der Waals surface area contributed by atoms with Crippen LogP contribution in [0.25, 0.3) is 0 Å². The molecule has 2 aromatic rings. The summed E-state index contributed by atoms with van der Waals surface area (Å²) in [5, 5.41) is 0. The molecule has 0 atom stereocenters. The smallest absolute Gasteiger partial charge is 0.263 e. The Morgan fingerprint density at radius 3 is 2.58 bits per heavy atom. The number of nitrogens with zero attached hydrogens (tertiary/aromatic N) is 1. The van der Waals surface area contributed by atoms with Gasteiger partial charge in [0.2, 0.25) is 0 Å². The Labute approximate surface area is 127 Å². The normalized spacial score (nSPS) is 11.3. The van der Waals surface area contributed by atoms with E-state index in [2.05, 4.69) is 41.6 Å². The third-order valence-electron chi connectivity index (χ3n) is 2.25. The van der Waals surface area contributed by atoms with Crippen LogP contribution < -0.4 is 10.5 Å². The highest BCUT2D eigenvalue weighted by atomic mass is 79.9. The first-order valence-corrected chi connectivity index (χ1v) is 8.15.